The van der Waals surface area contributed by atoms with Crippen LogP contribution < -0.4 is 5.32 Å². The molecule has 2 unspecified atom stereocenters. The molecule has 3 rings (SSSR count). The van der Waals surface area contributed by atoms with Crippen molar-refractivity contribution in [2.45, 2.75) is 37.7 Å². The number of amides is 1. The summed E-state index contributed by atoms with van der Waals surface area (Å²) < 4.78 is 0. The minimum atomic E-state index is -0.102. The van der Waals surface area contributed by atoms with Gasteiger partial charge in [-0.3, -0.25) is 9.89 Å². The first-order valence-corrected chi connectivity index (χ1v) is 8.14. The fourth-order valence-corrected chi connectivity index (χ4v) is 3.91. The Kier molecular flexibility index (Phi) is 3.76. The van der Waals surface area contributed by atoms with Gasteiger partial charge in [-0.1, -0.05) is 31.2 Å². The number of aromatic nitrogens is 2. The second-order valence-corrected chi connectivity index (χ2v) is 6.80. The van der Waals surface area contributed by atoms with E-state index >= 15 is 0 Å². The zero-order chi connectivity index (χ0) is 15.0. The molecule has 1 amide bonds. The van der Waals surface area contributed by atoms with Crippen LogP contribution in [0.5, 0.6) is 0 Å². The third-order valence-corrected chi connectivity index (χ3v) is 5.30. The predicted molar refractivity (Wildman–Crippen MR) is 86.7 cm³/mol. The summed E-state index contributed by atoms with van der Waals surface area (Å²) in [4.78, 5) is 12.1. The van der Waals surface area contributed by atoms with Gasteiger partial charge in [0, 0.05) is 11.3 Å². The number of hydrogen-bond donors (Lipinski definition) is 2. The maximum atomic E-state index is 12.1. The van der Waals surface area contributed by atoms with Crippen LogP contribution in [0.25, 0.3) is 0 Å². The first-order valence-electron chi connectivity index (χ1n) is 7.20. The van der Waals surface area contributed by atoms with Gasteiger partial charge in [0.05, 0.1) is 10.5 Å². The first-order chi connectivity index (χ1) is 10.1. The van der Waals surface area contributed by atoms with Crippen LogP contribution in [0.2, 0.25) is 0 Å². The summed E-state index contributed by atoms with van der Waals surface area (Å²) >= 11 is 1.67. The summed E-state index contributed by atoms with van der Waals surface area (Å²) in [7, 11) is 0. The van der Waals surface area contributed by atoms with Crippen LogP contribution in [0, 0.1) is 6.92 Å². The van der Waals surface area contributed by atoms with Crippen molar-refractivity contribution >= 4 is 23.5 Å². The zero-order valence-electron chi connectivity index (χ0n) is 12.4. The maximum absolute atomic E-state index is 12.1. The van der Waals surface area contributed by atoms with Crippen molar-refractivity contribution < 1.29 is 4.79 Å². The average molecular weight is 301 g/mol. The lowest BCUT2D eigenvalue weighted by molar-refractivity contribution is -0.115. The van der Waals surface area contributed by atoms with Gasteiger partial charge in [-0.15, -0.1) is 11.8 Å². The summed E-state index contributed by atoms with van der Waals surface area (Å²) in [6, 6.07) is 8.65. The van der Waals surface area contributed by atoms with Crippen molar-refractivity contribution in [1.29, 1.82) is 0 Å². The van der Waals surface area contributed by atoms with Crippen LogP contribution in [0.3, 0.4) is 0 Å². The zero-order valence-corrected chi connectivity index (χ0v) is 13.3. The largest absolute Gasteiger partial charge is 0.308 e. The molecule has 5 heteroatoms. The van der Waals surface area contributed by atoms with Crippen LogP contribution in [-0.4, -0.2) is 21.4 Å². The quantitative estimate of drug-likeness (QED) is 0.893. The van der Waals surface area contributed by atoms with Gasteiger partial charge in [-0.25, -0.2) is 0 Å². The van der Waals surface area contributed by atoms with E-state index in [0.717, 1.165) is 17.7 Å². The molecule has 0 saturated heterocycles. The SMILES string of the molecule is CCc1ccc(C2SC(C)C(=O)Nc3n[nH]c(C)c32)cc1. The molecule has 0 radical (unpaired) electrons. The molecule has 2 N–H and O–H groups in total. The number of carbonyl (C=O) groups is 1. The first kappa shape index (κ1) is 14.2. The molecule has 2 heterocycles. The third kappa shape index (κ3) is 2.58. The molecule has 0 bridgehead atoms. The summed E-state index contributed by atoms with van der Waals surface area (Å²) in [5, 5.41) is 10.2. The lowest BCUT2D eigenvalue weighted by Crippen LogP contribution is -2.21. The Labute approximate surface area is 128 Å². The normalized spacial score (nSPS) is 21.6. The lowest BCUT2D eigenvalue weighted by Gasteiger charge is -2.18. The Hall–Kier alpha value is -1.75. The molecular formula is C16H19N3OS. The van der Waals surface area contributed by atoms with Crippen molar-refractivity contribution in [3.05, 3.63) is 46.6 Å². The van der Waals surface area contributed by atoms with Gasteiger partial charge in [0.15, 0.2) is 5.82 Å². The molecule has 0 saturated carbocycles. The van der Waals surface area contributed by atoms with E-state index in [1.54, 1.807) is 11.8 Å². The second-order valence-electron chi connectivity index (χ2n) is 5.35. The number of fused-ring (bicyclic) bond motifs is 1. The van der Waals surface area contributed by atoms with Crippen LogP contribution in [0.15, 0.2) is 24.3 Å². The summed E-state index contributed by atoms with van der Waals surface area (Å²) in [6.45, 7) is 6.10. The molecule has 1 aliphatic heterocycles. The number of thioether (sulfide) groups is 1. The second kappa shape index (κ2) is 5.56. The number of benzene rings is 1. The third-order valence-electron chi connectivity index (χ3n) is 3.90. The fourth-order valence-electron chi connectivity index (χ4n) is 2.58. The van der Waals surface area contributed by atoms with E-state index in [9.17, 15) is 4.79 Å². The number of nitrogens with one attached hydrogen (secondary N) is 2. The minimum Gasteiger partial charge on any atom is -0.308 e. The fraction of sp³-hybridized carbons (Fsp3) is 0.375. The number of hydrogen-bond acceptors (Lipinski definition) is 3. The van der Waals surface area contributed by atoms with Crippen molar-refractivity contribution in [2.24, 2.45) is 0 Å². The summed E-state index contributed by atoms with van der Waals surface area (Å²) in [6.07, 6.45) is 1.03. The number of nitrogens with zero attached hydrogens (tertiary/aromatic N) is 1. The van der Waals surface area contributed by atoms with Crippen LogP contribution in [0.1, 0.15) is 41.5 Å². The number of aryl methyl sites for hydroxylation is 2. The molecule has 0 aliphatic carbocycles. The molecule has 1 aliphatic rings. The van der Waals surface area contributed by atoms with Crippen LogP contribution in [-0.2, 0) is 11.2 Å². The van der Waals surface area contributed by atoms with Gasteiger partial charge in [0.1, 0.15) is 0 Å². The molecule has 0 fully saturated rings. The van der Waals surface area contributed by atoms with E-state index in [1.807, 2.05) is 13.8 Å². The average Bonchev–Trinajstić information content (AvgIpc) is 2.79. The summed E-state index contributed by atoms with van der Waals surface area (Å²) in [5.41, 5.74) is 4.63. The highest BCUT2D eigenvalue weighted by molar-refractivity contribution is 8.01. The van der Waals surface area contributed by atoms with Gasteiger partial charge < -0.3 is 5.32 Å². The van der Waals surface area contributed by atoms with E-state index in [0.29, 0.717) is 5.82 Å². The lowest BCUT2D eigenvalue weighted by atomic mass is 10.0. The predicted octanol–water partition coefficient (Wildman–Crippen LogP) is 3.44. The molecule has 4 nitrogen and oxygen atoms in total. The van der Waals surface area contributed by atoms with E-state index in [4.69, 9.17) is 0 Å². The number of carbonyl (C=O) groups excluding carboxylic acids is 1. The molecule has 1 aromatic carbocycles. The molecule has 110 valence electrons. The van der Waals surface area contributed by atoms with Gasteiger partial charge in [-0.2, -0.15) is 5.10 Å². The highest BCUT2D eigenvalue weighted by atomic mass is 32.2. The van der Waals surface area contributed by atoms with Gasteiger partial charge in [-0.05, 0) is 31.4 Å². The Morgan fingerprint density at radius 2 is 2.00 bits per heavy atom. The topological polar surface area (TPSA) is 57.8 Å². The molecule has 21 heavy (non-hydrogen) atoms. The van der Waals surface area contributed by atoms with Crippen LogP contribution >= 0.6 is 11.8 Å². The number of rotatable bonds is 2. The van der Waals surface area contributed by atoms with Gasteiger partial charge in [0.2, 0.25) is 5.91 Å². The Morgan fingerprint density at radius 1 is 1.29 bits per heavy atom. The molecule has 2 atom stereocenters. The molecule has 2 aromatic rings. The van der Waals surface area contributed by atoms with Gasteiger partial charge in [0.25, 0.3) is 0 Å². The van der Waals surface area contributed by atoms with E-state index < -0.39 is 0 Å². The van der Waals surface area contributed by atoms with Crippen molar-refractivity contribution in [3.8, 4) is 0 Å². The highest BCUT2D eigenvalue weighted by Crippen LogP contribution is 2.44. The van der Waals surface area contributed by atoms with Crippen molar-refractivity contribution in [2.75, 3.05) is 5.32 Å². The maximum Gasteiger partial charge on any atom is 0.238 e. The Morgan fingerprint density at radius 3 is 2.67 bits per heavy atom. The van der Waals surface area contributed by atoms with E-state index in [-0.39, 0.29) is 16.4 Å². The Bertz CT molecular complexity index is 663. The van der Waals surface area contributed by atoms with Crippen molar-refractivity contribution in [3.63, 3.8) is 0 Å². The molecular weight excluding hydrogens is 282 g/mol. The number of H-pyrrole nitrogens is 1. The standard InChI is InChI=1S/C16H19N3OS/c1-4-11-5-7-12(8-6-11)14-13-9(2)18-19-15(13)17-16(20)10(3)21-14/h5-8,10,14H,4H2,1-3H3,(H2,17,18,19,20). The number of anilines is 1. The molecule has 0 spiro atoms. The van der Waals surface area contributed by atoms with Crippen molar-refractivity contribution in [1.82, 2.24) is 10.2 Å². The number of aromatic amines is 1. The minimum absolute atomic E-state index is 0.0143. The monoisotopic (exact) mass is 301 g/mol. The van der Waals surface area contributed by atoms with E-state index in [2.05, 4.69) is 46.7 Å². The van der Waals surface area contributed by atoms with Crippen LogP contribution in [0.4, 0.5) is 5.82 Å². The Balaban J connectivity index is 2.06. The smallest absolute Gasteiger partial charge is 0.238 e. The van der Waals surface area contributed by atoms with E-state index in [1.165, 1.54) is 11.1 Å². The van der Waals surface area contributed by atoms with Gasteiger partial charge >= 0.3 is 0 Å². The molecule has 1 aromatic heterocycles. The highest BCUT2D eigenvalue weighted by Gasteiger charge is 2.31. The summed E-state index contributed by atoms with van der Waals surface area (Å²) in [5.74, 6) is 0.680.